The van der Waals surface area contributed by atoms with Crippen LogP contribution in [-0.2, 0) is 11.2 Å². The maximum atomic E-state index is 11.0. The van der Waals surface area contributed by atoms with Gasteiger partial charge >= 0.3 is 5.97 Å². The number of carboxylic acids is 1. The van der Waals surface area contributed by atoms with Gasteiger partial charge in [0.2, 0.25) is 0 Å². The van der Waals surface area contributed by atoms with E-state index in [4.69, 9.17) is 5.11 Å². The summed E-state index contributed by atoms with van der Waals surface area (Å²) in [5, 5.41) is 22.3. The molecular formula is C10H18N4O2. The Balaban J connectivity index is 2.39. The maximum Gasteiger partial charge on any atom is 0.306 e. The number of tetrazole rings is 1. The molecule has 0 aromatic carbocycles. The molecule has 0 saturated carbocycles. The van der Waals surface area contributed by atoms with Gasteiger partial charge in [-0.1, -0.05) is 31.9 Å². The number of aromatic nitrogens is 4. The van der Waals surface area contributed by atoms with Crippen molar-refractivity contribution in [3.05, 3.63) is 5.82 Å². The van der Waals surface area contributed by atoms with Crippen molar-refractivity contribution in [2.75, 3.05) is 0 Å². The first-order chi connectivity index (χ1) is 7.59. The number of carboxylic acid groups (broad SMARTS) is 1. The lowest BCUT2D eigenvalue weighted by Gasteiger charge is -2.10. The second-order valence-electron chi connectivity index (χ2n) is 4.39. The molecule has 0 aliphatic rings. The van der Waals surface area contributed by atoms with E-state index in [1.807, 2.05) is 0 Å². The summed E-state index contributed by atoms with van der Waals surface area (Å²) >= 11 is 0. The van der Waals surface area contributed by atoms with E-state index in [-0.39, 0.29) is 0 Å². The number of carbonyl (C=O) groups is 1. The van der Waals surface area contributed by atoms with Gasteiger partial charge in [-0.05, 0) is 12.3 Å². The third-order valence-corrected chi connectivity index (χ3v) is 2.50. The molecule has 90 valence electrons. The zero-order valence-corrected chi connectivity index (χ0v) is 9.68. The average Bonchev–Trinajstić information content (AvgIpc) is 2.68. The molecule has 16 heavy (non-hydrogen) atoms. The minimum absolute atomic E-state index is 0.351. The smallest absolute Gasteiger partial charge is 0.306 e. The van der Waals surface area contributed by atoms with Crippen molar-refractivity contribution in [2.45, 2.75) is 39.5 Å². The molecule has 2 N–H and O–H groups in total. The Morgan fingerprint density at radius 3 is 2.69 bits per heavy atom. The highest BCUT2D eigenvalue weighted by atomic mass is 16.4. The predicted molar refractivity (Wildman–Crippen MR) is 57.7 cm³/mol. The lowest BCUT2D eigenvalue weighted by atomic mass is 9.95. The first-order valence-electron chi connectivity index (χ1n) is 5.54. The van der Waals surface area contributed by atoms with Crippen LogP contribution in [0.15, 0.2) is 0 Å². The zero-order chi connectivity index (χ0) is 12.0. The Kier molecular flexibility index (Phi) is 4.88. The van der Waals surface area contributed by atoms with Gasteiger partial charge in [0.1, 0.15) is 0 Å². The summed E-state index contributed by atoms with van der Waals surface area (Å²) in [6.45, 7) is 4.27. The number of nitrogens with zero attached hydrogens (tertiary/aromatic N) is 3. The number of hydrogen-bond donors (Lipinski definition) is 2. The first-order valence-corrected chi connectivity index (χ1v) is 5.54. The maximum absolute atomic E-state index is 11.0. The molecule has 0 radical (unpaired) electrons. The molecule has 0 amide bonds. The van der Waals surface area contributed by atoms with Gasteiger partial charge in [-0.15, -0.1) is 10.2 Å². The summed E-state index contributed by atoms with van der Waals surface area (Å²) < 4.78 is 0. The summed E-state index contributed by atoms with van der Waals surface area (Å²) in [6, 6.07) is 0. The molecule has 0 spiro atoms. The van der Waals surface area contributed by atoms with Crippen LogP contribution < -0.4 is 0 Å². The second kappa shape index (κ2) is 6.19. The fourth-order valence-corrected chi connectivity index (χ4v) is 1.57. The highest BCUT2D eigenvalue weighted by Gasteiger charge is 2.19. The largest absolute Gasteiger partial charge is 0.481 e. The lowest BCUT2D eigenvalue weighted by molar-refractivity contribution is -0.142. The summed E-state index contributed by atoms with van der Waals surface area (Å²) in [6.07, 6.45) is 2.99. The molecule has 0 unspecified atom stereocenters. The normalized spacial score (nSPS) is 12.9. The number of aliphatic carboxylic acids is 1. The van der Waals surface area contributed by atoms with Crippen LogP contribution in [0.1, 0.15) is 38.9 Å². The molecule has 1 atom stereocenters. The van der Waals surface area contributed by atoms with E-state index in [1.54, 1.807) is 0 Å². The average molecular weight is 226 g/mol. The van der Waals surface area contributed by atoms with Crippen LogP contribution in [0.4, 0.5) is 0 Å². The van der Waals surface area contributed by atoms with Gasteiger partial charge in [-0.2, -0.15) is 5.21 Å². The molecule has 0 saturated heterocycles. The van der Waals surface area contributed by atoms with E-state index < -0.39 is 11.9 Å². The Morgan fingerprint density at radius 2 is 2.19 bits per heavy atom. The van der Waals surface area contributed by atoms with Crippen molar-refractivity contribution >= 4 is 5.97 Å². The lowest BCUT2D eigenvalue weighted by Crippen LogP contribution is -2.17. The van der Waals surface area contributed by atoms with Crippen LogP contribution in [0, 0.1) is 11.8 Å². The van der Waals surface area contributed by atoms with Crippen molar-refractivity contribution < 1.29 is 9.90 Å². The Hall–Kier alpha value is -1.46. The molecule has 0 bridgehead atoms. The number of aromatic amines is 1. The van der Waals surface area contributed by atoms with Crippen LogP contribution in [-0.4, -0.2) is 31.7 Å². The second-order valence-corrected chi connectivity index (χ2v) is 4.39. The first kappa shape index (κ1) is 12.6. The van der Waals surface area contributed by atoms with Gasteiger partial charge in [0.05, 0.1) is 5.92 Å². The number of hydrogen-bond acceptors (Lipinski definition) is 4. The summed E-state index contributed by atoms with van der Waals surface area (Å²) in [5.74, 6) is -0.110. The summed E-state index contributed by atoms with van der Waals surface area (Å²) in [7, 11) is 0. The van der Waals surface area contributed by atoms with Crippen molar-refractivity contribution in [3.63, 3.8) is 0 Å². The standard InChI is InChI=1S/C10H18N4O2/c1-7(2)4-3-5-8(10(15)16)6-9-11-13-14-12-9/h7-8H,3-6H2,1-2H3,(H,15,16)(H,11,12,13,14)/t8-/m1/s1. The molecule has 0 aliphatic heterocycles. The van der Waals surface area contributed by atoms with Crippen LogP contribution in [0.25, 0.3) is 0 Å². The van der Waals surface area contributed by atoms with Gasteiger partial charge in [0.25, 0.3) is 0 Å². The van der Waals surface area contributed by atoms with E-state index in [0.717, 1.165) is 12.8 Å². The van der Waals surface area contributed by atoms with E-state index in [9.17, 15) is 4.79 Å². The fourth-order valence-electron chi connectivity index (χ4n) is 1.57. The Labute approximate surface area is 94.4 Å². The van der Waals surface area contributed by atoms with Crippen molar-refractivity contribution in [3.8, 4) is 0 Å². The third-order valence-electron chi connectivity index (χ3n) is 2.50. The quantitative estimate of drug-likeness (QED) is 0.730. The monoisotopic (exact) mass is 226 g/mol. The number of nitrogens with one attached hydrogen (secondary N) is 1. The highest BCUT2D eigenvalue weighted by molar-refractivity contribution is 5.70. The van der Waals surface area contributed by atoms with Crippen molar-refractivity contribution in [1.29, 1.82) is 0 Å². The molecule has 1 aromatic rings. The molecule has 6 heteroatoms. The van der Waals surface area contributed by atoms with Crippen LogP contribution in [0.5, 0.6) is 0 Å². The predicted octanol–water partition coefficient (Wildman–Crippen LogP) is 1.27. The van der Waals surface area contributed by atoms with Gasteiger partial charge in [0, 0.05) is 6.42 Å². The third kappa shape index (κ3) is 4.37. The van der Waals surface area contributed by atoms with E-state index in [2.05, 4.69) is 34.5 Å². The molecule has 1 heterocycles. The van der Waals surface area contributed by atoms with Crippen molar-refractivity contribution in [1.82, 2.24) is 20.6 Å². The van der Waals surface area contributed by atoms with Gasteiger partial charge < -0.3 is 5.11 Å². The van der Waals surface area contributed by atoms with Crippen molar-refractivity contribution in [2.24, 2.45) is 11.8 Å². The number of H-pyrrole nitrogens is 1. The topological polar surface area (TPSA) is 91.8 Å². The van der Waals surface area contributed by atoms with Gasteiger partial charge in [-0.3, -0.25) is 4.79 Å². The van der Waals surface area contributed by atoms with Gasteiger partial charge in [-0.25, -0.2) is 0 Å². The van der Waals surface area contributed by atoms with Crippen LogP contribution in [0.3, 0.4) is 0 Å². The molecule has 0 aliphatic carbocycles. The minimum atomic E-state index is -0.784. The van der Waals surface area contributed by atoms with E-state index in [1.165, 1.54) is 0 Å². The Morgan fingerprint density at radius 1 is 1.44 bits per heavy atom. The van der Waals surface area contributed by atoms with E-state index >= 15 is 0 Å². The summed E-state index contributed by atoms with van der Waals surface area (Å²) in [4.78, 5) is 11.0. The molecule has 0 fully saturated rings. The molecule has 1 aromatic heterocycles. The fraction of sp³-hybridized carbons (Fsp3) is 0.800. The SMILES string of the molecule is CC(C)CCC[C@H](Cc1nn[nH]n1)C(=O)O. The van der Waals surface area contributed by atoms with E-state index in [0.29, 0.717) is 24.6 Å². The molecular weight excluding hydrogens is 208 g/mol. The van der Waals surface area contributed by atoms with Gasteiger partial charge in [0.15, 0.2) is 5.82 Å². The highest BCUT2D eigenvalue weighted by Crippen LogP contribution is 2.15. The van der Waals surface area contributed by atoms with Crippen LogP contribution in [0.2, 0.25) is 0 Å². The zero-order valence-electron chi connectivity index (χ0n) is 9.68. The molecule has 1 rings (SSSR count). The number of rotatable bonds is 7. The minimum Gasteiger partial charge on any atom is -0.481 e. The molecule has 6 nitrogen and oxygen atoms in total. The summed E-state index contributed by atoms with van der Waals surface area (Å²) in [5.41, 5.74) is 0. The van der Waals surface area contributed by atoms with Crippen LogP contribution >= 0.6 is 0 Å². The Bertz CT molecular complexity index is 311.